The average molecular weight is 347 g/mol. The number of nitrogens with one attached hydrogen (secondary N) is 1. The monoisotopic (exact) mass is 347 g/mol. The number of halogens is 3. The maximum absolute atomic E-state index is 12.5. The summed E-state index contributed by atoms with van der Waals surface area (Å²) in [4.78, 5) is 18.3. The summed E-state index contributed by atoms with van der Waals surface area (Å²) in [6.45, 7) is 6.74. The lowest BCUT2D eigenvalue weighted by Gasteiger charge is -2.36. The van der Waals surface area contributed by atoms with Gasteiger partial charge in [0.2, 0.25) is 5.82 Å². The van der Waals surface area contributed by atoms with E-state index < -0.39 is 23.7 Å². The largest absolute Gasteiger partial charge is 0.487 e. The number of rotatable bonds is 3. The van der Waals surface area contributed by atoms with E-state index in [0.29, 0.717) is 12.8 Å². The lowest BCUT2D eigenvalue weighted by Crippen LogP contribution is -2.50. The summed E-state index contributed by atoms with van der Waals surface area (Å²) < 4.78 is 48.3. The van der Waals surface area contributed by atoms with Crippen molar-refractivity contribution in [2.24, 2.45) is 0 Å². The van der Waals surface area contributed by atoms with Crippen molar-refractivity contribution in [3.05, 3.63) is 17.7 Å². The number of carbonyl (C=O) groups is 1. The molecule has 9 heteroatoms. The summed E-state index contributed by atoms with van der Waals surface area (Å²) in [6, 6.07) is -0.0828. The fourth-order valence-electron chi connectivity index (χ4n) is 2.14. The molecule has 1 aliphatic rings. The highest BCUT2D eigenvalue weighted by Gasteiger charge is 2.36. The number of hydrogen-bond acceptors (Lipinski definition) is 5. The van der Waals surface area contributed by atoms with E-state index in [9.17, 15) is 18.0 Å². The number of alkyl carbamates (subject to hydrolysis) is 1. The molecule has 0 atom stereocenters. The highest BCUT2D eigenvalue weighted by Crippen LogP contribution is 2.30. The van der Waals surface area contributed by atoms with Crippen LogP contribution in [-0.4, -0.2) is 33.8 Å². The number of carbonyl (C=O) groups excluding carboxylic acids is 1. The number of hydrogen-bond donors (Lipinski definition) is 1. The van der Waals surface area contributed by atoms with Crippen LogP contribution in [0.25, 0.3) is 0 Å². The highest BCUT2D eigenvalue weighted by atomic mass is 19.4. The first-order valence-electron chi connectivity index (χ1n) is 7.51. The summed E-state index contributed by atoms with van der Waals surface area (Å²) in [5.41, 5.74) is -0.445. The van der Waals surface area contributed by atoms with E-state index in [1.165, 1.54) is 6.92 Å². The predicted molar refractivity (Wildman–Crippen MR) is 78.6 cm³/mol. The Kier molecular flexibility index (Phi) is 4.91. The van der Waals surface area contributed by atoms with Gasteiger partial charge < -0.3 is 14.8 Å². The minimum atomic E-state index is -4.58. The minimum Gasteiger partial charge on any atom is -0.487 e. The molecule has 0 radical (unpaired) electrons. The molecule has 0 bridgehead atoms. The Bertz CT molecular complexity index is 608. The molecule has 134 valence electrons. The van der Waals surface area contributed by atoms with E-state index in [0.717, 1.165) is 6.20 Å². The van der Waals surface area contributed by atoms with Crippen molar-refractivity contribution in [2.45, 2.75) is 64.5 Å². The molecule has 1 aliphatic carbocycles. The van der Waals surface area contributed by atoms with Gasteiger partial charge in [-0.2, -0.15) is 13.2 Å². The third-order valence-corrected chi connectivity index (χ3v) is 3.30. The Morgan fingerprint density at radius 1 is 1.29 bits per heavy atom. The van der Waals surface area contributed by atoms with Crippen molar-refractivity contribution in [1.29, 1.82) is 0 Å². The van der Waals surface area contributed by atoms with Crippen molar-refractivity contribution < 1.29 is 27.4 Å². The fourth-order valence-corrected chi connectivity index (χ4v) is 2.14. The van der Waals surface area contributed by atoms with Crippen LogP contribution in [0, 0.1) is 6.92 Å². The van der Waals surface area contributed by atoms with Crippen molar-refractivity contribution in [3.63, 3.8) is 0 Å². The Hall–Kier alpha value is -2.06. The summed E-state index contributed by atoms with van der Waals surface area (Å²) in [7, 11) is 0. The van der Waals surface area contributed by atoms with Crippen molar-refractivity contribution in [3.8, 4) is 5.75 Å². The van der Waals surface area contributed by atoms with Crippen LogP contribution in [0.4, 0.5) is 18.0 Å². The van der Waals surface area contributed by atoms with E-state index in [4.69, 9.17) is 9.47 Å². The standard InChI is InChI=1S/C15H20F3N3O3/c1-8-11(7-19-12(20-8)15(16,17)18)23-10-5-9(6-10)21-13(22)24-14(2,3)4/h7,9-10H,5-6H2,1-4H3,(H,21,22). The fraction of sp³-hybridized carbons (Fsp3) is 0.667. The number of nitrogens with zero attached hydrogens (tertiary/aromatic N) is 2. The van der Waals surface area contributed by atoms with Gasteiger partial charge in [0.05, 0.1) is 11.9 Å². The van der Waals surface area contributed by atoms with Crippen LogP contribution < -0.4 is 10.1 Å². The smallest absolute Gasteiger partial charge is 0.451 e. The van der Waals surface area contributed by atoms with Crippen LogP contribution in [0.3, 0.4) is 0 Å². The second kappa shape index (κ2) is 6.45. The molecule has 1 fully saturated rings. The van der Waals surface area contributed by atoms with Gasteiger partial charge in [0.25, 0.3) is 0 Å². The van der Waals surface area contributed by atoms with Gasteiger partial charge in [0.1, 0.15) is 11.7 Å². The molecule has 0 saturated heterocycles. The topological polar surface area (TPSA) is 73.3 Å². The molecule has 24 heavy (non-hydrogen) atoms. The molecule has 2 rings (SSSR count). The summed E-state index contributed by atoms with van der Waals surface area (Å²) >= 11 is 0. The Balaban J connectivity index is 1.82. The number of amides is 1. The summed E-state index contributed by atoms with van der Waals surface area (Å²) in [5, 5.41) is 2.71. The van der Waals surface area contributed by atoms with E-state index in [1.807, 2.05) is 0 Å². The molecule has 1 aromatic rings. The zero-order valence-corrected chi connectivity index (χ0v) is 13.9. The predicted octanol–water partition coefficient (Wildman–Crippen LogP) is 3.24. The molecule has 1 aromatic heterocycles. The van der Waals surface area contributed by atoms with E-state index in [-0.39, 0.29) is 23.6 Å². The SMILES string of the molecule is Cc1nc(C(F)(F)F)ncc1OC1CC(NC(=O)OC(C)(C)C)C1. The van der Waals surface area contributed by atoms with Gasteiger partial charge in [-0.25, -0.2) is 14.8 Å². The normalized spacial score (nSPS) is 21.0. The van der Waals surface area contributed by atoms with Crippen molar-refractivity contribution in [1.82, 2.24) is 15.3 Å². The maximum Gasteiger partial charge on any atom is 0.451 e. The lowest BCUT2D eigenvalue weighted by molar-refractivity contribution is -0.145. The quantitative estimate of drug-likeness (QED) is 0.909. The first-order valence-corrected chi connectivity index (χ1v) is 7.51. The van der Waals surface area contributed by atoms with Crippen LogP contribution in [0.2, 0.25) is 0 Å². The average Bonchev–Trinajstić information content (AvgIpc) is 2.34. The molecule has 1 amide bonds. The number of aromatic nitrogens is 2. The highest BCUT2D eigenvalue weighted by molar-refractivity contribution is 5.68. The van der Waals surface area contributed by atoms with Crippen LogP contribution in [0.15, 0.2) is 6.20 Å². The van der Waals surface area contributed by atoms with E-state index in [2.05, 4.69) is 15.3 Å². The van der Waals surface area contributed by atoms with Crippen molar-refractivity contribution in [2.75, 3.05) is 0 Å². The zero-order chi connectivity index (χ0) is 18.1. The maximum atomic E-state index is 12.5. The molecule has 1 saturated carbocycles. The van der Waals surface area contributed by atoms with Crippen LogP contribution in [-0.2, 0) is 10.9 Å². The molecule has 0 aromatic carbocycles. The second-order valence-electron chi connectivity index (χ2n) is 6.70. The minimum absolute atomic E-state index is 0.0828. The number of alkyl halides is 3. The zero-order valence-electron chi connectivity index (χ0n) is 13.9. The molecule has 6 nitrogen and oxygen atoms in total. The molecule has 1 heterocycles. The molecule has 0 aliphatic heterocycles. The second-order valence-corrected chi connectivity index (χ2v) is 6.70. The number of aryl methyl sites for hydroxylation is 1. The van der Waals surface area contributed by atoms with Gasteiger partial charge in [-0.1, -0.05) is 0 Å². The third-order valence-electron chi connectivity index (χ3n) is 3.30. The van der Waals surface area contributed by atoms with Gasteiger partial charge in [-0.05, 0) is 27.7 Å². The van der Waals surface area contributed by atoms with Crippen molar-refractivity contribution >= 4 is 6.09 Å². The van der Waals surface area contributed by atoms with Gasteiger partial charge in [0, 0.05) is 18.9 Å². The summed E-state index contributed by atoms with van der Waals surface area (Å²) in [5.74, 6) is -0.978. The molecule has 0 spiro atoms. The van der Waals surface area contributed by atoms with E-state index in [1.54, 1.807) is 20.8 Å². The third kappa shape index (κ3) is 4.97. The van der Waals surface area contributed by atoms with Crippen LogP contribution in [0.1, 0.15) is 45.1 Å². The molecule has 1 N–H and O–H groups in total. The molecule has 0 unspecified atom stereocenters. The van der Waals surface area contributed by atoms with Gasteiger partial charge >= 0.3 is 12.3 Å². The van der Waals surface area contributed by atoms with Crippen LogP contribution in [0.5, 0.6) is 5.75 Å². The Labute approximate surface area is 137 Å². The van der Waals surface area contributed by atoms with Gasteiger partial charge in [-0.3, -0.25) is 0 Å². The van der Waals surface area contributed by atoms with Crippen LogP contribution >= 0.6 is 0 Å². The van der Waals surface area contributed by atoms with Gasteiger partial charge in [0.15, 0.2) is 5.75 Å². The van der Waals surface area contributed by atoms with Gasteiger partial charge in [-0.15, -0.1) is 0 Å². The summed E-state index contributed by atoms with van der Waals surface area (Å²) in [6.07, 6.45) is -3.18. The molecular formula is C15H20F3N3O3. The Morgan fingerprint density at radius 3 is 2.42 bits per heavy atom. The number of ether oxygens (including phenoxy) is 2. The first kappa shape index (κ1) is 18.3. The lowest BCUT2D eigenvalue weighted by atomic mass is 9.89. The van der Waals surface area contributed by atoms with E-state index >= 15 is 0 Å². The first-order chi connectivity index (χ1) is 10.9. The Morgan fingerprint density at radius 2 is 1.92 bits per heavy atom. The molecular weight excluding hydrogens is 327 g/mol.